The highest BCUT2D eigenvalue weighted by Crippen LogP contribution is 2.65. The summed E-state index contributed by atoms with van der Waals surface area (Å²) < 4.78 is 26.3. The Bertz CT molecular complexity index is 1700. The second-order valence-electron chi connectivity index (χ2n) is 12.8. The number of phenols is 1. The van der Waals surface area contributed by atoms with Crippen molar-refractivity contribution >= 4 is 41.8 Å². The maximum atomic E-state index is 13.4. The molecule has 4 aliphatic rings. The van der Waals surface area contributed by atoms with Gasteiger partial charge in [0.15, 0.2) is 29.8 Å². The highest BCUT2D eigenvalue weighted by Gasteiger charge is 2.72. The van der Waals surface area contributed by atoms with Gasteiger partial charge in [-0.3, -0.25) is 14.4 Å². The summed E-state index contributed by atoms with van der Waals surface area (Å²) in [5.74, 6) is -11.1. The average Bonchev–Trinajstić information content (AvgIpc) is 3.40. The molecule has 2 aliphatic heterocycles. The van der Waals surface area contributed by atoms with E-state index >= 15 is 0 Å². The lowest BCUT2D eigenvalue weighted by Gasteiger charge is -2.61. The third kappa shape index (κ3) is 6.66. The smallest absolute Gasteiger partial charge is 0.348 e. The number of benzene rings is 1. The molecule has 51 heavy (non-hydrogen) atoms. The second-order valence-corrected chi connectivity index (χ2v) is 12.8. The van der Waals surface area contributed by atoms with E-state index in [-0.39, 0.29) is 29.7 Å². The molecule has 2 heterocycles. The van der Waals surface area contributed by atoms with Crippen molar-refractivity contribution in [3.63, 3.8) is 0 Å². The van der Waals surface area contributed by atoms with Gasteiger partial charge in [0.1, 0.15) is 5.76 Å². The van der Waals surface area contributed by atoms with E-state index in [0.717, 1.165) is 12.5 Å². The van der Waals surface area contributed by atoms with E-state index in [1.807, 2.05) is 11.9 Å². The number of phenolic OH excluding ortho intramolecular Hbond substituents is 1. The van der Waals surface area contributed by atoms with Crippen LogP contribution < -0.4 is 4.74 Å². The van der Waals surface area contributed by atoms with E-state index < -0.39 is 103 Å². The van der Waals surface area contributed by atoms with Crippen molar-refractivity contribution in [2.75, 3.05) is 13.6 Å². The molecule has 0 amide bonds. The number of piperidine rings is 1. The molecule has 0 aromatic heterocycles. The van der Waals surface area contributed by atoms with E-state index in [2.05, 4.69) is 4.74 Å². The first-order valence-electron chi connectivity index (χ1n) is 15.7. The van der Waals surface area contributed by atoms with Crippen LogP contribution in [-0.4, -0.2) is 133 Å². The monoisotopic (exact) mass is 721 g/mol. The highest BCUT2D eigenvalue weighted by molar-refractivity contribution is 5.89. The summed E-state index contributed by atoms with van der Waals surface area (Å²) in [5, 5.41) is 59.4. The van der Waals surface area contributed by atoms with Crippen molar-refractivity contribution in [3.05, 3.63) is 35.1 Å². The fourth-order valence-electron chi connectivity index (χ4n) is 7.26. The molecule has 19 heteroatoms. The zero-order valence-corrected chi connectivity index (χ0v) is 27.2. The molecule has 5 rings (SSSR count). The Morgan fingerprint density at radius 2 is 1.65 bits per heavy atom. The quantitative estimate of drug-likeness (QED) is 0.0966. The number of carbonyl (C=O) groups excluding carboxylic acids is 4. The third-order valence-corrected chi connectivity index (χ3v) is 9.64. The molecule has 2 bridgehead atoms. The van der Waals surface area contributed by atoms with Crippen LogP contribution in [0.5, 0.6) is 11.5 Å². The van der Waals surface area contributed by atoms with Crippen molar-refractivity contribution < 1.29 is 87.9 Å². The normalized spacial score (nSPS) is 26.5. The summed E-state index contributed by atoms with van der Waals surface area (Å²) in [6, 6.07) is 2.86. The van der Waals surface area contributed by atoms with Crippen LogP contribution in [0.15, 0.2) is 24.0 Å². The summed E-state index contributed by atoms with van der Waals surface area (Å²) in [4.78, 5) is 86.6. The van der Waals surface area contributed by atoms with Gasteiger partial charge in [-0.05, 0) is 51.1 Å². The number of likely N-dealkylation sites (tertiary alicyclic amines) is 1. The van der Waals surface area contributed by atoms with E-state index in [0.29, 0.717) is 24.9 Å². The number of carboxylic acids is 3. The number of aliphatic carboxylic acids is 3. The van der Waals surface area contributed by atoms with Crippen molar-refractivity contribution in [3.8, 4) is 11.5 Å². The van der Waals surface area contributed by atoms with Crippen LogP contribution in [-0.2, 0) is 64.3 Å². The van der Waals surface area contributed by atoms with E-state index in [9.17, 15) is 48.9 Å². The first kappa shape index (κ1) is 37.0. The van der Waals surface area contributed by atoms with Gasteiger partial charge in [-0.15, -0.1) is 0 Å². The van der Waals surface area contributed by atoms with Gasteiger partial charge in [-0.1, -0.05) is 6.07 Å². The predicted octanol–water partition coefficient (Wildman–Crippen LogP) is -1.25. The number of nitrogens with zero attached hydrogens (tertiary/aromatic N) is 1. The number of hydrogen-bond acceptors (Lipinski definition) is 16. The van der Waals surface area contributed by atoms with Crippen LogP contribution in [0.2, 0.25) is 0 Å². The Morgan fingerprint density at radius 3 is 2.29 bits per heavy atom. The summed E-state index contributed by atoms with van der Waals surface area (Å²) in [7, 11) is 1.88. The van der Waals surface area contributed by atoms with Crippen LogP contribution in [0.3, 0.4) is 0 Å². The largest absolute Gasteiger partial charge is 0.504 e. The maximum Gasteiger partial charge on any atom is 0.348 e. The SMILES string of the molecule is CC(OC(=O)C(CC(=O)OC1=CC[C@@]2(O)[C@H]3Cc4ccc(O)c5c4[C@@]2(CCN3C)[C@H]1O5)OC(=O)CC(O)C(=O)O)C(=O)OC(CC(=O)O)C(=O)O. The summed E-state index contributed by atoms with van der Waals surface area (Å²) in [6.45, 7) is 1.44. The molecule has 2 aliphatic carbocycles. The molecule has 0 radical (unpaired) electrons. The van der Waals surface area contributed by atoms with Crippen LogP contribution in [0.4, 0.5) is 0 Å². The fourth-order valence-corrected chi connectivity index (χ4v) is 7.26. The topological polar surface area (TPSA) is 290 Å². The molecule has 4 unspecified atom stereocenters. The lowest BCUT2D eigenvalue weighted by atomic mass is 9.50. The van der Waals surface area contributed by atoms with Gasteiger partial charge in [0.2, 0.25) is 12.2 Å². The molecule has 1 saturated heterocycles. The van der Waals surface area contributed by atoms with Crippen LogP contribution in [0, 0.1) is 0 Å². The molecule has 8 atom stereocenters. The van der Waals surface area contributed by atoms with Crippen LogP contribution >= 0.6 is 0 Å². The van der Waals surface area contributed by atoms with Gasteiger partial charge in [-0.2, -0.15) is 0 Å². The van der Waals surface area contributed by atoms with Crippen LogP contribution in [0.1, 0.15) is 50.2 Å². The number of carboxylic acid groups (broad SMARTS) is 3. The highest BCUT2D eigenvalue weighted by atomic mass is 16.6. The number of esters is 4. The van der Waals surface area contributed by atoms with Gasteiger partial charge in [-0.25, -0.2) is 19.2 Å². The minimum absolute atomic E-state index is 0.00535. The van der Waals surface area contributed by atoms with Crippen LogP contribution in [0.25, 0.3) is 0 Å². The molecule has 1 aromatic rings. The lowest BCUT2D eigenvalue weighted by molar-refractivity contribution is -0.185. The molecular formula is C32H35NO18. The number of ether oxygens (including phenoxy) is 5. The van der Waals surface area contributed by atoms with Crippen molar-refractivity contribution in [2.24, 2.45) is 0 Å². The van der Waals surface area contributed by atoms with Gasteiger partial charge >= 0.3 is 41.8 Å². The van der Waals surface area contributed by atoms with Crippen molar-refractivity contribution in [2.45, 2.75) is 93.0 Å². The Morgan fingerprint density at radius 1 is 0.941 bits per heavy atom. The number of likely N-dealkylation sites (N-methyl/N-ethyl adjacent to an activating group) is 1. The molecule has 6 N–H and O–H groups in total. The zero-order valence-electron chi connectivity index (χ0n) is 27.2. The number of carbonyl (C=O) groups is 7. The van der Waals surface area contributed by atoms with E-state index in [1.54, 1.807) is 6.07 Å². The standard InChI is InChI=1S/C32H35NO18/c1-13(29(44)50-18(28(42)43)11-21(36)37)47-30(45)19(49-22(38)10-16(35)27(40)41)12-23(39)48-17-5-6-32(46)20-9-14-3-4-15(34)25-24(14)31(32,26(17)51-25)7-8-33(20)2/h3-5,13,16,18-20,26,34-35,46H,6-12H2,1-2H3,(H,36,37)(H,40,41)(H,42,43)/t13?,16?,18?,19?,20-,26+,31+,32-/m1/s1. The van der Waals surface area contributed by atoms with Crippen molar-refractivity contribution in [1.29, 1.82) is 0 Å². The summed E-state index contributed by atoms with van der Waals surface area (Å²) >= 11 is 0. The molecule has 19 nitrogen and oxygen atoms in total. The first-order chi connectivity index (χ1) is 23.9. The van der Waals surface area contributed by atoms with Gasteiger partial charge in [0.05, 0.1) is 30.3 Å². The Balaban J connectivity index is 1.35. The number of hydrogen-bond donors (Lipinski definition) is 6. The van der Waals surface area contributed by atoms with Gasteiger partial charge in [0, 0.05) is 18.0 Å². The minimum atomic E-state index is -2.25. The number of rotatable bonds is 14. The Kier molecular flexibility index (Phi) is 10.0. The van der Waals surface area contributed by atoms with Gasteiger partial charge in [0.25, 0.3) is 0 Å². The molecule has 1 aromatic carbocycles. The third-order valence-electron chi connectivity index (χ3n) is 9.64. The fraction of sp³-hybridized carbons (Fsp3) is 0.531. The molecule has 1 fully saturated rings. The molecule has 276 valence electrons. The molecule has 0 saturated carbocycles. The molecular weight excluding hydrogens is 686 g/mol. The zero-order chi connectivity index (χ0) is 37.6. The first-order valence-corrected chi connectivity index (χ1v) is 15.7. The lowest BCUT2D eigenvalue weighted by Crippen LogP contribution is -2.74. The Hall–Kier alpha value is -5.27. The summed E-state index contributed by atoms with van der Waals surface area (Å²) in [5.41, 5.74) is -1.10. The number of aliphatic hydroxyl groups excluding tert-OH is 1. The maximum absolute atomic E-state index is 13.4. The van der Waals surface area contributed by atoms with Gasteiger partial charge < -0.3 is 59.2 Å². The second kappa shape index (κ2) is 13.8. The predicted molar refractivity (Wildman–Crippen MR) is 161 cm³/mol. The number of aromatic hydroxyl groups is 1. The van der Waals surface area contributed by atoms with E-state index in [4.69, 9.17) is 34.3 Å². The van der Waals surface area contributed by atoms with E-state index in [1.165, 1.54) is 12.1 Å². The summed E-state index contributed by atoms with van der Waals surface area (Å²) in [6.07, 6.45) is -10.8. The number of aliphatic hydroxyl groups is 2. The molecule has 1 spiro atoms. The minimum Gasteiger partial charge on any atom is -0.504 e. The van der Waals surface area contributed by atoms with Crippen molar-refractivity contribution in [1.82, 2.24) is 4.90 Å². The Labute approximate surface area is 287 Å². The average molecular weight is 722 g/mol.